The summed E-state index contributed by atoms with van der Waals surface area (Å²) in [6.45, 7) is 1.24. The van der Waals surface area contributed by atoms with E-state index in [-0.39, 0.29) is 0 Å². The molecule has 0 radical (unpaired) electrons. The van der Waals surface area contributed by atoms with Crippen LogP contribution in [0.25, 0.3) is 11.0 Å². The van der Waals surface area contributed by atoms with Crippen LogP contribution in [-0.4, -0.2) is 16.5 Å². The molecule has 0 bridgehead atoms. The van der Waals surface area contributed by atoms with Gasteiger partial charge in [0.1, 0.15) is 5.82 Å². The number of aromatic nitrogens is 2. The summed E-state index contributed by atoms with van der Waals surface area (Å²) >= 11 is 3.39. The normalized spacial score (nSPS) is 12.0. The van der Waals surface area contributed by atoms with E-state index in [0.29, 0.717) is 23.4 Å². The molecule has 3 rings (SSSR count). The number of nitrogens with one attached hydrogen (secondary N) is 2. The Hall–Kier alpha value is -1.86. The quantitative estimate of drug-likeness (QED) is 0.613. The van der Waals surface area contributed by atoms with Crippen molar-refractivity contribution in [2.24, 2.45) is 0 Å². The maximum absolute atomic E-state index is 12.7. The lowest BCUT2D eigenvalue weighted by Crippen LogP contribution is -2.17. The number of halogens is 4. The van der Waals surface area contributed by atoms with E-state index < -0.39 is 11.7 Å². The zero-order valence-electron chi connectivity index (χ0n) is 12.6. The molecule has 3 nitrogen and oxygen atoms in total. The lowest BCUT2D eigenvalue weighted by Gasteiger charge is -2.05. The van der Waals surface area contributed by atoms with Gasteiger partial charge in [-0.2, -0.15) is 13.2 Å². The minimum Gasteiger partial charge on any atom is -0.341 e. The molecule has 0 saturated heterocycles. The van der Waals surface area contributed by atoms with Crippen molar-refractivity contribution in [2.75, 3.05) is 6.54 Å². The van der Waals surface area contributed by atoms with Crippen LogP contribution in [-0.2, 0) is 19.1 Å². The minimum atomic E-state index is -4.34. The number of hydrogen-bond acceptors (Lipinski definition) is 2. The highest BCUT2D eigenvalue weighted by atomic mass is 79.9. The van der Waals surface area contributed by atoms with Gasteiger partial charge in [-0.1, -0.05) is 28.1 Å². The molecule has 0 amide bonds. The van der Waals surface area contributed by atoms with Gasteiger partial charge in [0, 0.05) is 4.47 Å². The van der Waals surface area contributed by atoms with Crippen molar-refractivity contribution < 1.29 is 13.2 Å². The summed E-state index contributed by atoms with van der Waals surface area (Å²) in [4.78, 5) is 7.23. The lowest BCUT2D eigenvalue weighted by atomic mass is 10.1. The second kappa shape index (κ2) is 6.94. The highest BCUT2D eigenvalue weighted by Crippen LogP contribution is 2.30. The minimum absolute atomic E-state index is 0.398. The average molecular weight is 398 g/mol. The van der Waals surface area contributed by atoms with Crippen molar-refractivity contribution in [1.29, 1.82) is 0 Å². The van der Waals surface area contributed by atoms with Gasteiger partial charge in [0.2, 0.25) is 0 Å². The molecular formula is C17H15BrF3N3. The van der Waals surface area contributed by atoms with Crippen molar-refractivity contribution in [1.82, 2.24) is 15.3 Å². The molecule has 1 aromatic heterocycles. The predicted molar refractivity (Wildman–Crippen MR) is 90.6 cm³/mol. The SMILES string of the molecule is FC(F)(F)c1ccc2nc(CNCCc3ccc(Br)cc3)[nH]c2c1. The molecule has 0 unspecified atom stereocenters. The topological polar surface area (TPSA) is 40.7 Å². The molecule has 1 heterocycles. The van der Waals surface area contributed by atoms with E-state index in [2.05, 4.69) is 31.2 Å². The number of nitrogens with zero attached hydrogens (tertiary/aromatic N) is 1. The number of H-pyrrole nitrogens is 1. The Morgan fingerprint density at radius 3 is 2.54 bits per heavy atom. The molecule has 2 aromatic carbocycles. The number of alkyl halides is 3. The van der Waals surface area contributed by atoms with Gasteiger partial charge in [0.25, 0.3) is 0 Å². The van der Waals surface area contributed by atoms with E-state index in [1.54, 1.807) is 0 Å². The first kappa shape index (κ1) is 17.0. The van der Waals surface area contributed by atoms with E-state index in [1.165, 1.54) is 11.6 Å². The first-order valence-electron chi connectivity index (χ1n) is 7.43. The van der Waals surface area contributed by atoms with Crippen LogP contribution in [0.1, 0.15) is 17.0 Å². The molecule has 126 valence electrons. The molecule has 2 N–H and O–H groups in total. The molecule has 0 aliphatic heterocycles. The van der Waals surface area contributed by atoms with Crippen LogP contribution in [0, 0.1) is 0 Å². The molecule has 24 heavy (non-hydrogen) atoms. The number of rotatable bonds is 5. The van der Waals surface area contributed by atoms with E-state index in [4.69, 9.17) is 0 Å². The highest BCUT2D eigenvalue weighted by molar-refractivity contribution is 9.10. The first-order chi connectivity index (χ1) is 11.4. The summed E-state index contributed by atoms with van der Waals surface area (Å²) in [5.41, 5.74) is 1.47. The fourth-order valence-corrected chi connectivity index (χ4v) is 2.68. The molecule has 0 aliphatic rings. The molecular weight excluding hydrogens is 383 g/mol. The second-order valence-electron chi connectivity index (χ2n) is 5.47. The van der Waals surface area contributed by atoms with Crippen LogP contribution < -0.4 is 5.32 Å². The van der Waals surface area contributed by atoms with E-state index in [9.17, 15) is 13.2 Å². The Labute approximate surface area is 145 Å². The Balaban J connectivity index is 1.58. The van der Waals surface area contributed by atoms with Gasteiger partial charge in [-0.3, -0.25) is 0 Å². The van der Waals surface area contributed by atoms with Crippen LogP contribution in [0.2, 0.25) is 0 Å². The van der Waals surface area contributed by atoms with Crippen molar-refractivity contribution in [3.63, 3.8) is 0 Å². The van der Waals surface area contributed by atoms with E-state index >= 15 is 0 Å². The molecule has 0 spiro atoms. The second-order valence-corrected chi connectivity index (χ2v) is 6.38. The monoisotopic (exact) mass is 397 g/mol. The van der Waals surface area contributed by atoms with Crippen LogP contribution >= 0.6 is 15.9 Å². The summed E-state index contributed by atoms with van der Waals surface area (Å²) in [5, 5.41) is 3.24. The number of fused-ring (bicyclic) bond motifs is 1. The largest absolute Gasteiger partial charge is 0.416 e. The molecule has 0 atom stereocenters. The molecule has 0 fully saturated rings. The zero-order valence-corrected chi connectivity index (χ0v) is 14.2. The van der Waals surface area contributed by atoms with Gasteiger partial charge in [-0.15, -0.1) is 0 Å². The summed E-state index contributed by atoms with van der Waals surface area (Å²) < 4.78 is 39.2. The number of benzene rings is 2. The van der Waals surface area contributed by atoms with Crippen LogP contribution in [0.3, 0.4) is 0 Å². The molecule has 3 aromatic rings. The Morgan fingerprint density at radius 1 is 1.08 bits per heavy atom. The fraction of sp³-hybridized carbons (Fsp3) is 0.235. The van der Waals surface area contributed by atoms with E-state index in [0.717, 1.165) is 29.6 Å². The smallest absolute Gasteiger partial charge is 0.341 e. The summed E-state index contributed by atoms with van der Waals surface area (Å²) in [5.74, 6) is 0.625. The summed E-state index contributed by atoms with van der Waals surface area (Å²) in [6.07, 6.45) is -3.48. The van der Waals surface area contributed by atoms with Gasteiger partial charge in [0.05, 0.1) is 23.1 Å². The third kappa shape index (κ3) is 4.15. The summed E-state index contributed by atoms with van der Waals surface area (Å²) in [6, 6.07) is 11.6. The van der Waals surface area contributed by atoms with Gasteiger partial charge < -0.3 is 10.3 Å². The predicted octanol–water partition coefficient (Wildman–Crippen LogP) is 4.68. The maximum atomic E-state index is 12.7. The first-order valence-corrected chi connectivity index (χ1v) is 8.22. The van der Waals surface area contributed by atoms with Gasteiger partial charge >= 0.3 is 6.18 Å². The van der Waals surface area contributed by atoms with Crippen LogP contribution in [0.4, 0.5) is 13.2 Å². The lowest BCUT2D eigenvalue weighted by molar-refractivity contribution is -0.137. The number of imidazole rings is 1. The van der Waals surface area contributed by atoms with Crippen LogP contribution in [0.15, 0.2) is 46.9 Å². The van der Waals surface area contributed by atoms with E-state index in [1.807, 2.05) is 24.3 Å². The van der Waals surface area contributed by atoms with Crippen molar-refractivity contribution >= 4 is 27.0 Å². The number of aromatic amines is 1. The summed E-state index contributed by atoms with van der Waals surface area (Å²) in [7, 11) is 0. The Morgan fingerprint density at radius 2 is 1.83 bits per heavy atom. The van der Waals surface area contributed by atoms with Gasteiger partial charge in [-0.25, -0.2) is 4.98 Å². The Bertz CT molecular complexity index is 825. The maximum Gasteiger partial charge on any atom is 0.416 e. The fourth-order valence-electron chi connectivity index (χ4n) is 2.41. The molecule has 0 saturated carbocycles. The average Bonchev–Trinajstić information content (AvgIpc) is 2.94. The molecule has 0 aliphatic carbocycles. The van der Waals surface area contributed by atoms with Gasteiger partial charge in [0.15, 0.2) is 0 Å². The van der Waals surface area contributed by atoms with Crippen LogP contribution in [0.5, 0.6) is 0 Å². The van der Waals surface area contributed by atoms with Crippen molar-refractivity contribution in [3.8, 4) is 0 Å². The number of hydrogen-bond donors (Lipinski definition) is 2. The third-order valence-electron chi connectivity index (χ3n) is 3.65. The highest BCUT2D eigenvalue weighted by Gasteiger charge is 2.30. The van der Waals surface area contributed by atoms with Gasteiger partial charge in [-0.05, 0) is 48.9 Å². The zero-order chi connectivity index (χ0) is 17.2. The molecule has 7 heteroatoms. The third-order valence-corrected chi connectivity index (χ3v) is 4.18. The van der Waals surface area contributed by atoms with Crippen molar-refractivity contribution in [2.45, 2.75) is 19.1 Å². The standard InChI is InChI=1S/C17H15BrF3N3/c18-13-4-1-11(2-5-13)7-8-22-10-16-23-14-6-3-12(17(19,20)21)9-15(14)24-16/h1-6,9,22H,7-8,10H2,(H,23,24). The Kier molecular flexibility index (Phi) is 4.91. The van der Waals surface area contributed by atoms with Crippen molar-refractivity contribution in [3.05, 3.63) is 63.9 Å².